The van der Waals surface area contributed by atoms with Crippen LogP contribution in [0.15, 0.2) is 60.7 Å². The number of rotatable bonds is 4. The van der Waals surface area contributed by atoms with Gasteiger partial charge in [0, 0.05) is 16.9 Å². The van der Waals surface area contributed by atoms with Crippen molar-refractivity contribution >= 4 is 29.1 Å². The van der Waals surface area contributed by atoms with Gasteiger partial charge in [0.15, 0.2) is 5.65 Å². The molecule has 0 saturated heterocycles. The van der Waals surface area contributed by atoms with Crippen molar-refractivity contribution < 1.29 is 9.90 Å². The fraction of sp³-hybridized carbons (Fsp3) is 0.0476. The van der Waals surface area contributed by atoms with Crippen molar-refractivity contribution in [3.05, 3.63) is 71.9 Å². The highest BCUT2D eigenvalue weighted by Crippen LogP contribution is 2.26. The van der Waals surface area contributed by atoms with Crippen LogP contribution in [0.1, 0.15) is 11.3 Å². The van der Waals surface area contributed by atoms with Gasteiger partial charge in [-0.1, -0.05) is 24.3 Å². The molecule has 0 fully saturated rings. The van der Waals surface area contributed by atoms with Crippen molar-refractivity contribution in [1.82, 2.24) is 14.6 Å². The lowest BCUT2D eigenvalue weighted by molar-refractivity contribution is 0.210. The first-order valence-electron chi connectivity index (χ1n) is 8.78. The second kappa shape index (κ2) is 7.32. The van der Waals surface area contributed by atoms with Crippen molar-refractivity contribution in [2.45, 2.75) is 6.92 Å². The van der Waals surface area contributed by atoms with Crippen LogP contribution in [0.2, 0.25) is 0 Å². The van der Waals surface area contributed by atoms with E-state index in [1.54, 1.807) is 34.8 Å². The van der Waals surface area contributed by atoms with Gasteiger partial charge in [-0.05, 0) is 48.9 Å². The first-order chi connectivity index (χ1) is 14.0. The summed E-state index contributed by atoms with van der Waals surface area (Å²) < 4.78 is 1.73. The quantitative estimate of drug-likeness (QED) is 0.480. The minimum Gasteiger partial charge on any atom is -0.465 e. The van der Waals surface area contributed by atoms with Crippen LogP contribution >= 0.6 is 0 Å². The average Bonchev–Trinajstić information content (AvgIpc) is 3.13. The lowest BCUT2D eigenvalue weighted by Crippen LogP contribution is -2.06. The molecular weight excluding hydrogens is 368 g/mol. The molecule has 4 rings (SSSR count). The van der Waals surface area contributed by atoms with Gasteiger partial charge in [-0.25, -0.2) is 9.31 Å². The Kier molecular flexibility index (Phi) is 4.55. The molecule has 3 N–H and O–H groups in total. The van der Waals surface area contributed by atoms with Crippen LogP contribution in [-0.2, 0) is 0 Å². The van der Waals surface area contributed by atoms with E-state index in [-0.39, 0.29) is 0 Å². The predicted molar refractivity (Wildman–Crippen MR) is 109 cm³/mol. The Bertz CT molecular complexity index is 1250. The maximum Gasteiger partial charge on any atom is 0.409 e. The molecule has 2 aromatic carbocycles. The standard InChI is InChI=1S/C21H16N6O2/c1-13-17(14-6-8-16(9-7-14)23-21(28)29)10-11-19-25-20(26-27(13)19)24-18-5-3-2-4-15(18)12-22/h2-11,23H,1H3,(H,24,26)(H,28,29). The molecule has 0 atom stereocenters. The van der Waals surface area contributed by atoms with Crippen LogP contribution in [0.3, 0.4) is 0 Å². The van der Waals surface area contributed by atoms with E-state index in [2.05, 4.69) is 26.8 Å². The molecule has 0 unspecified atom stereocenters. The lowest BCUT2D eigenvalue weighted by Gasteiger charge is -2.08. The number of aryl methyl sites for hydroxylation is 1. The van der Waals surface area contributed by atoms with Crippen LogP contribution in [-0.4, -0.2) is 25.8 Å². The van der Waals surface area contributed by atoms with Gasteiger partial charge in [0.1, 0.15) is 6.07 Å². The molecule has 0 spiro atoms. The van der Waals surface area contributed by atoms with E-state index in [1.807, 2.05) is 37.3 Å². The van der Waals surface area contributed by atoms with Gasteiger partial charge >= 0.3 is 6.09 Å². The molecule has 0 saturated carbocycles. The highest BCUT2D eigenvalue weighted by molar-refractivity contribution is 5.83. The summed E-state index contributed by atoms with van der Waals surface area (Å²) in [6, 6.07) is 20.2. The number of benzene rings is 2. The first-order valence-corrected chi connectivity index (χ1v) is 8.78. The third-order valence-corrected chi connectivity index (χ3v) is 4.48. The molecule has 0 aliphatic rings. The van der Waals surface area contributed by atoms with Gasteiger partial charge < -0.3 is 10.4 Å². The number of amides is 1. The van der Waals surface area contributed by atoms with Crippen LogP contribution in [0.25, 0.3) is 16.8 Å². The Labute approximate surface area is 166 Å². The van der Waals surface area contributed by atoms with Crippen molar-refractivity contribution in [3.8, 4) is 17.2 Å². The lowest BCUT2D eigenvalue weighted by atomic mass is 10.0. The molecule has 0 radical (unpaired) electrons. The fourth-order valence-corrected chi connectivity index (χ4v) is 3.10. The zero-order chi connectivity index (χ0) is 20.4. The highest BCUT2D eigenvalue weighted by Gasteiger charge is 2.12. The molecular formula is C21H16N6O2. The summed E-state index contributed by atoms with van der Waals surface area (Å²) >= 11 is 0. The van der Waals surface area contributed by atoms with Gasteiger partial charge in [-0.2, -0.15) is 10.2 Å². The fourth-order valence-electron chi connectivity index (χ4n) is 3.10. The van der Waals surface area contributed by atoms with Crippen molar-refractivity contribution in [2.75, 3.05) is 10.6 Å². The number of nitrogens with one attached hydrogen (secondary N) is 2. The number of nitrogens with zero attached hydrogens (tertiary/aromatic N) is 4. The third kappa shape index (κ3) is 3.57. The topological polar surface area (TPSA) is 115 Å². The summed E-state index contributed by atoms with van der Waals surface area (Å²) in [7, 11) is 0. The number of anilines is 3. The normalized spacial score (nSPS) is 10.5. The maximum absolute atomic E-state index is 10.7. The van der Waals surface area contributed by atoms with E-state index in [0.717, 1.165) is 16.8 Å². The summed E-state index contributed by atoms with van der Waals surface area (Å²) in [6.07, 6.45) is -1.10. The Balaban J connectivity index is 1.67. The number of pyridine rings is 1. The number of hydrogen-bond acceptors (Lipinski definition) is 5. The smallest absolute Gasteiger partial charge is 0.409 e. The minimum atomic E-state index is -1.10. The molecule has 0 aliphatic carbocycles. The summed E-state index contributed by atoms with van der Waals surface area (Å²) in [4.78, 5) is 15.2. The Morgan fingerprint density at radius 2 is 1.86 bits per heavy atom. The zero-order valence-corrected chi connectivity index (χ0v) is 15.4. The second-order valence-electron chi connectivity index (χ2n) is 6.33. The van der Waals surface area contributed by atoms with Crippen LogP contribution in [0.4, 0.5) is 22.1 Å². The SMILES string of the molecule is Cc1c(-c2ccc(NC(=O)O)cc2)ccc2nc(Nc3ccccc3C#N)nn12. The van der Waals surface area contributed by atoms with Crippen LogP contribution < -0.4 is 10.6 Å². The van der Waals surface area contributed by atoms with Gasteiger partial charge in [-0.15, -0.1) is 5.10 Å². The minimum absolute atomic E-state index is 0.397. The molecule has 8 nitrogen and oxygen atoms in total. The molecule has 142 valence electrons. The number of hydrogen-bond donors (Lipinski definition) is 3. The van der Waals surface area contributed by atoms with Gasteiger partial charge in [0.05, 0.1) is 11.3 Å². The first kappa shape index (κ1) is 18.0. The monoisotopic (exact) mass is 384 g/mol. The highest BCUT2D eigenvalue weighted by atomic mass is 16.4. The third-order valence-electron chi connectivity index (χ3n) is 4.48. The maximum atomic E-state index is 10.7. The van der Waals surface area contributed by atoms with Crippen LogP contribution in [0, 0.1) is 18.3 Å². The second-order valence-corrected chi connectivity index (χ2v) is 6.33. The van der Waals surface area contributed by atoms with Crippen molar-refractivity contribution in [1.29, 1.82) is 5.26 Å². The largest absolute Gasteiger partial charge is 0.465 e. The average molecular weight is 384 g/mol. The number of carbonyl (C=O) groups is 1. The van der Waals surface area contributed by atoms with Crippen molar-refractivity contribution in [2.24, 2.45) is 0 Å². The number of aromatic nitrogens is 3. The van der Waals surface area contributed by atoms with E-state index in [1.165, 1.54) is 0 Å². The number of fused-ring (bicyclic) bond motifs is 1. The number of para-hydroxylation sites is 1. The molecule has 0 bridgehead atoms. The number of carboxylic acid groups (broad SMARTS) is 1. The Morgan fingerprint density at radius 3 is 2.59 bits per heavy atom. The molecule has 2 aromatic heterocycles. The van der Waals surface area contributed by atoms with Crippen molar-refractivity contribution in [3.63, 3.8) is 0 Å². The Hall–Kier alpha value is -4.38. The van der Waals surface area contributed by atoms with Gasteiger partial charge in [-0.3, -0.25) is 5.32 Å². The number of nitriles is 1. The molecule has 4 aromatic rings. The molecule has 29 heavy (non-hydrogen) atoms. The molecule has 1 amide bonds. The van der Waals surface area contributed by atoms with E-state index in [4.69, 9.17) is 5.11 Å². The molecule has 8 heteroatoms. The van der Waals surface area contributed by atoms with E-state index in [9.17, 15) is 10.1 Å². The van der Waals surface area contributed by atoms with Crippen LogP contribution in [0.5, 0.6) is 0 Å². The van der Waals surface area contributed by atoms with Gasteiger partial charge in [0.25, 0.3) is 0 Å². The molecule has 2 heterocycles. The summed E-state index contributed by atoms with van der Waals surface area (Å²) in [5.74, 6) is 0.397. The van der Waals surface area contributed by atoms with E-state index in [0.29, 0.717) is 28.5 Å². The summed E-state index contributed by atoms with van der Waals surface area (Å²) in [5.41, 5.74) is 5.10. The predicted octanol–water partition coefficient (Wildman–Crippen LogP) is 4.41. The van der Waals surface area contributed by atoms with E-state index < -0.39 is 6.09 Å². The van der Waals surface area contributed by atoms with E-state index >= 15 is 0 Å². The van der Waals surface area contributed by atoms with Gasteiger partial charge in [0.2, 0.25) is 5.95 Å². The summed E-state index contributed by atoms with van der Waals surface area (Å²) in [6.45, 7) is 1.94. The summed E-state index contributed by atoms with van der Waals surface area (Å²) in [5, 5.41) is 28.0. The molecule has 0 aliphatic heterocycles. The zero-order valence-electron chi connectivity index (χ0n) is 15.4. The Morgan fingerprint density at radius 1 is 1.10 bits per heavy atom.